The molecular formula is C14H23BrN2. The maximum absolute atomic E-state index is 4.37. The van der Waals surface area contributed by atoms with Gasteiger partial charge in [0.2, 0.25) is 0 Å². The summed E-state index contributed by atoms with van der Waals surface area (Å²) < 4.78 is 1.06. The van der Waals surface area contributed by atoms with Crippen molar-refractivity contribution in [3.05, 3.63) is 22.3 Å². The van der Waals surface area contributed by atoms with Gasteiger partial charge >= 0.3 is 0 Å². The molecule has 96 valence electrons. The van der Waals surface area contributed by atoms with Crippen LogP contribution in [0.1, 0.15) is 51.0 Å². The minimum atomic E-state index is 0.962. The zero-order chi connectivity index (χ0) is 12.5. The van der Waals surface area contributed by atoms with E-state index >= 15 is 0 Å². The number of nitrogens with one attached hydrogen (secondary N) is 1. The number of hydrogen-bond acceptors (Lipinski definition) is 2. The molecule has 3 heteroatoms. The number of anilines is 1. The van der Waals surface area contributed by atoms with Crippen molar-refractivity contribution >= 4 is 21.7 Å². The van der Waals surface area contributed by atoms with Crippen LogP contribution in [0.15, 0.2) is 16.7 Å². The molecule has 0 aromatic carbocycles. The summed E-state index contributed by atoms with van der Waals surface area (Å²) in [6.07, 6.45) is 9.87. The molecule has 17 heavy (non-hydrogen) atoms. The van der Waals surface area contributed by atoms with Gasteiger partial charge in [0.1, 0.15) is 5.82 Å². The summed E-state index contributed by atoms with van der Waals surface area (Å²) in [5.41, 5.74) is 1.18. The number of aryl methyl sites for hydroxylation is 1. The molecule has 0 aliphatic carbocycles. The van der Waals surface area contributed by atoms with Gasteiger partial charge in [0.15, 0.2) is 0 Å². The van der Waals surface area contributed by atoms with Crippen molar-refractivity contribution in [3.8, 4) is 0 Å². The lowest BCUT2D eigenvalue weighted by Gasteiger charge is -2.07. The predicted molar refractivity (Wildman–Crippen MR) is 78.5 cm³/mol. The molecule has 0 aliphatic heterocycles. The number of aromatic nitrogens is 1. The minimum absolute atomic E-state index is 0.962. The molecule has 1 aromatic rings. The summed E-state index contributed by atoms with van der Waals surface area (Å²) in [7, 11) is 0. The fraction of sp³-hybridized carbons (Fsp3) is 0.643. The van der Waals surface area contributed by atoms with Gasteiger partial charge in [-0.05, 0) is 40.9 Å². The second-order valence-electron chi connectivity index (χ2n) is 4.54. The lowest BCUT2D eigenvalue weighted by atomic mass is 10.1. The zero-order valence-corrected chi connectivity index (χ0v) is 12.5. The number of halogens is 1. The molecule has 1 aromatic heterocycles. The molecule has 0 radical (unpaired) electrons. The predicted octanol–water partition coefficient (Wildman–Crippen LogP) is 4.92. The Labute approximate surface area is 113 Å². The topological polar surface area (TPSA) is 24.9 Å². The van der Waals surface area contributed by atoms with Gasteiger partial charge in [-0.3, -0.25) is 0 Å². The summed E-state index contributed by atoms with van der Waals surface area (Å²) in [5, 5.41) is 3.37. The van der Waals surface area contributed by atoms with E-state index in [1.54, 1.807) is 0 Å². The molecule has 0 aliphatic rings. The first-order valence-corrected chi connectivity index (χ1v) is 7.39. The van der Waals surface area contributed by atoms with E-state index in [0.29, 0.717) is 0 Å². The van der Waals surface area contributed by atoms with E-state index in [1.165, 1.54) is 44.1 Å². The maximum atomic E-state index is 4.37. The van der Waals surface area contributed by atoms with Crippen molar-refractivity contribution in [2.75, 3.05) is 11.9 Å². The van der Waals surface area contributed by atoms with Crippen LogP contribution in [0.2, 0.25) is 0 Å². The first kappa shape index (κ1) is 14.5. The molecule has 2 nitrogen and oxygen atoms in total. The summed E-state index contributed by atoms with van der Waals surface area (Å²) >= 11 is 3.53. The second-order valence-corrected chi connectivity index (χ2v) is 5.39. The number of rotatable bonds is 8. The Hall–Kier alpha value is -0.570. The Balaban J connectivity index is 2.14. The summed E-state index contributed by atoms with van der Waals surface area (Å²) in [6.45, 7) is 5.32. The number of hydrogen-bond donors (Lipinski definition) is 1. The molecule has 0 spiro atoms. The summed E-state index contributed by atoms with van der Waals surface area (Å²) in [4.78, 5) is 4.37. The van der Waals surface area contributed by atoms with Crippen molar-refractivity contribution in [1.29, 1.82) is 0 Å². The average Bonchev–Trinajstić information content (AvgIpc) is 2.30. The van der Waals surface area contributed by atoms with Crippen molar-refractivity contribution in [2.24, 2.45) is 0 Å². The first-order chi connectivity index (χ1) is 8.24. The van der Waals surface area contributed by atoms with Gasteiger partial charge in [-0.2, -0.15) is 0 Å². The van der Waals surface area contributed by atoms with E-state index in [-0.39, 0.29) is 0 Å². The van der Waals surface area contributed by atoms with Gasteiger partial charge in [-0.15, -0.1) is 0 Å². The molecule has 0 saturated carbocycles. The Morgan fingerprint density at radius 2 is 1.88 bits per heavy atom. The van der Waals surface area contributed by atoms with Crippen LogP contribution in [0, 0.1) is 6.92 Å². The molecule has 0 fully saturated rings. The highest BCUT2D eigenvalue weighted by Gasteiger charge is 2.00. The molecule has 0 saturated heterocycles. The van der Waals surface area contributed by atoms with Crippen LogP contribution >= 0.6 is 15.9 Å². The van der Waals surface area contributed by atoms with Gasteiger partial charge in [0, 0.05) is 12.7 Å². The third-order valence-electron chi connectivity index (χ3n) is 2.80. The van der Waals surface area contributed by atoms with Crippen molar-refractivity contribution in [3.63, 3.8) is 0 Å². The van der Waals surface area contributed by atoms with Crippen LogP contribution in [-0.4, -0.2) is 11.5 Å². The largest absolute Gasteiger partial charge is 0.369 e. The van der Waals surface area contributed by atoms with Gasteiger partial charge in [-0.25, -0.2) is 4.98 Å². The Morgan fingerprint density at radius 3 is 2.59 bits per heavy atom. The van der Waals surface area contributed by atoms with Gasteiger partial charge in [-0.1, -0.05) is 39.0 Å². The smallest absolute Gasteiger partial charge is 0.140 e. The van der Waals surface area contributed by atoms with E-state index in [0.717, 1.165) is 16.8 Å². The summed E-state index contributed by atoms with van der Waals surface area (Å²) in [6, 6.07) is 2.09. The minimum Gasteiger partial charge on any atom is -0.369 e. The third kappa shape index (κ3) is 6.06. The Bertz CT molecular complexity index is 326. The van der Waals surface area contributed by atoms with E-state index in [9.17, 15) is 0 Å². The van der Waals surface area contributed by atoms with E-state index in [1.807, 2.05) is 6.20 Å². The number of pyridine rings is 1. The number of nitrogens with zero attached hydrogens (tertiary/aromatic N) is 1. The van der Waals surface area contributed by atoms with Crippen LogP contribution < -0.4 is 5.32 Å². The molecule has 0 amide bonds. The lowest BCUT2D eigenvalue weighted by molar-refractivity contribution is 0.616. The number of unbranched alkanes of at least 4 members (excludes halogenated alkanes) is 5. The fourth-order valence-corrected chi connectivity index (χ4v) is 2.38. The monoisotopic (exact) mass is 298 g/mol. The van der Waals surface area contributed by atoms with Gasteiger partial charge in [0.25, 0.3) is 0 Å². The quantitative estimate of drug-likeness (QED) is 0.689. The van der Waals surface area contributed by atoms with Crippen molar-refractivity contribution in [1.82, 2.24) is 4.98 Å². The van der Waals surface area contributed by atoms with Gasteiger partial charge in [0.05, 0.1) is 4.47 Å². The molecule has 1 N–H and O–H groups in total. The summed E-state index contributed by atoms with van der Waals surface area (Å²) in [5.74, 6) is 0.962. The highest BCUT2D eigenvalue weighted by atomic mass is 79.9. The van der Waals surface area contributed by atoms with E-state index in [4.69, 9.17) is 0 Å². The molecule has 0 bridgehead atoms. The molecular weight excluding hydrogens is 276 g/mol. The van der Waals surface area contributed by atoms with Crippen LogP contribution in [0.3, 0.4) is 0 Å². The Morgan fingerprint density at radius 1 is 1.18 bits per heavy atom. The molecule has 0 unspecified atom stereocenters. The highest BCUT2D eigenvalue weighted by molar-refractivity contribution is 9.10. The van der Waals surface area contributed by atoms with Crippen LogP contribution in [0.5, 0.6) is 0 Å². The zero-order valence-electron chi connectivity index (χ0n) is 10.9. The highest BCUT2D eigenvalue weighted by Crippen LogP contribution is 2.20. The lowest BCUT2D eigenvalue weighted by Crippen LogP contribution is -2.04. The van der Waals surface area contributed by atoms with Crippen molar-refractivity contribution in [2.45, 2.75) is 52.4 Å². The SMILES string of the molecule is CCCCCCCCNc1ncc(C)cc1Br. The Kier molecular flexibility index (Phi) is 7.25. The second kappa shape index (κ2) is 8.51. The average molecular weight is 299 g/mol. The normalized spacial score (nSPS) is 10.5. The van der Waals surface area contributed by atoms with Crippen LogP contribution in [-0.2, 0) is 0 Å². The standard InChI is InChI=1S/C14H23BrN2/c1-3-4-5-6-7-8-9-16-14-13(15)10-12(2)11-17-14/h10-11H,3-9H2,1-2H3,(H,16,17). The fourth-order valence-electron chi connectivity index (χ4n) is 1.78. The van der Waals surface area contributed by atoms with Crippen molar-refractivity contribution < 1.29 is 0 Å². The maximum Gasteiger partial charge on any atom is 0.140 e. The third-order valence-corrected chi connectivity index (χ3v) is 3.41. The van der Waals surface area contributed by atoms with Gasteiger partial charge < -0.3 is 5.32 Å². The van der Waals surface area contributed by atoms with E-state index < -0.39 is 0 Å². The van der Waals surface area contributed by atoms with Crippen LogP contribution in [0.4, 0.5) is 5.82 Å². The van der Waals surface area contributed by atoms with E-state index in [2.05, 4.69) is 46.1 Å². The molecule has 1 heterocycles. The first-order valence-electron chi connectivity index (χ1n) is 6.60. The molecule has 0 atom stereocenters. The van der Waals surface area contributed by atoms with Crippen LogP contribution in [0.25, 0.3) is 0 Å². The molecule has 1 rings (SSSR count).